The van der Waals surface area contributed by atoms with Crippen LogP contribution < -0.4 is 5.32 Å². The van der Waals surface area contributed by atoms with Crippen LogP contribution in [0.3, 0.4) is 0 Å². The molecule has 0 aliphatic carbocycles. The van der Waals surface area contributed by atoms with Crippen LogP contribution in [0, 0.1) is 5.82 Å². The third-order valence-electron chi connectivity index (χ3n) is 3.54. The molecular formula is C14H20ClFN2. The molecule has 0 radical (unpaired) electrons. The first kappa shape index (κ1) is 13.8. The van der Waals surface area contributed by atoms with Crippen molar-refractivity contribution in [2.75, 3.05) is 19.6 Å². The summed E-state index contributed by atoms with van der Waals surface area (Å²) in [5.41, 5.74) is 0.649. The maximum absolute atomic E-state index is 13.6. The van der Waals surface area contributed by atoms with Crippen molar-refractivity contribution in [2.24, 2.45) is 0 Å². The third kappa shape index (κ3) is 3.67. The number of hydrogen-bond donors (Lipinski definition) is 1. The van der Waals surface area contributed by atoms with E-state index in [0.29, 0.717) is 23.2 Å². The molecular weight excluding hydrogens is 251 g/mol. The fraction of sp³-hybridized carbons (Fsp3) is 0.571. The van der Waals surface area contributed by atoms with Gasteiger partial charge in [-0.15, -0.1) is 0 Å². The van der Waals surface area contributed by atoms with Gasteiger partial charge in [-0.2, -0.15) is 0 Å². The monoisotopic (exact) mass is 270 g/mol. The zero-order valence-electron chi connectivity index (χ0n) is 10.8. The van der Waals surface area contributed by atoms with Gasteiger partial charge in [0.1, 0.15) is 5.82 Å². The summed E-state index contributed by atoms with van der Waals surface area (Å²) in [5.74, 6) is -0.185. The molecule has 2 rings (SSSR count). The van der Waals surface area contributed by atoms with Crippen molar-refractivity contribution < 1.29 is 4.39 Å². The Morgan fingerprint density at radius 2 is 2.33 bits per heavy atom. The molecule has 0 aromatic heterocycles. The number of likely N-dealkylation sites (tertiary alicyclic amines) is 1. The van der Waals surface area contributed by atoms with Gasteiger partial charge in [0, 0.05) is 29.7 Å². The van der Waals surface area contributed by atoms with Gasteiger partial charge in [-0.1, -0.05) is 18.5 Å². The normalized spacial score (nSPS) is 21.2. The number of piperidine rings is 1. The minimum atomic E-state index is -0.185. The summed E-state index contributed by atoms with van der Waals surface area (Å²) in [5, 5.41) is 4.02. The molecule has 1 N–H and O–H groups in total. The number of rotatable bonds is 4. The van der Waals surface area contributed by atoms with E-state index in [1.165, 1.54) is 25.5 Å². The molecule has 0 amide bonds. The van der Waals surface area contributed by atoms with Crippen molar-refractivity contribution in [3.63, 3.8) is 0 Å². The van der Waals surface area contributed by atoms with E-state index in [2.05, 4.69) is 17.1 Å². The molecule has 0 saturated carbocycles. The Hall–Kier alpha value is -0.640. The molecule has 100 valence electrons. The number of nitrogens with zero attached hydrogens (tertiary/aromatic N) is 1. The van der Waals surface area contributed by atoms with Crippen molar-refractivity contribution >= 4 is 11.6 Å². The van der Waals surface area contributed by atoms with Gasteiger partial charge in [0.15, 0.2) is 0 Å². The molecule has 0 spiro atoms. The predicted molar refractivity (Wildman–Crippen MR) is 73.4 cm³/mol. The maximum Gasteiger partial charge on any atom is 0.127 e. The Kier molecular flexibility index (Phi) is 4.98. The first-order valence-electron chi connectivity index (χ1n) is 6.58. The van der Waals surface area contributed by atoms with Gasteiger partial charge in [0.25, 0.3) is 0 Å². The molecule has 1 atom stereocenters. The Bertz CT molecular complexity index is 397. The Morgan fingerprint density at radius 1 is 1.50 bits per heavy atom. The summed E-state index contributed by atoms with van der Waals surface area (Å²) >= 11 is 5.88. The number of hydrogen-bond acceptors (Lipinski definition) is 2. The third-order valence-corrected chi connectivity index (χ3v) is 3.78. The van der Waals surface area contributed by atoms with E-state index in [1.807, 2.05) is 0 Å². The first-order valence-corrected chi connectivity index (χ1v) is 6.96. The Morgan fingerprint density at radius 3 is 3.11 bits per heavy atom. The topological polar surface area (TPSA) is 15.3 Å². The number of likely N-dealkylation sites (N-methyl/N-ethyl adjacent to an activating group) is 1. The molecule has 1 fully saturated rings. The van der Waals surface area contributed by atoms with Crippen molar-refractivity contribution in [1.82, 2.24) is 10.2 Å². The van der Waals surface area contributed by atoms with Crippen LogP contribution in [0.15, 0.2) is 18.2 Å². The fourth-order valence-corrected chi connectivity index (χ4v) is 2.64. The van der Waals surface area contributed by atoms with Gasteiger partial charge in [-0.25, -0.2) is 4.39 Å². The molecule has 0 bridgehead atoms. The van der Waals surface area contributed by atoms with Crippen molar-refractivity contribution in [2.45, 2.75) is 32.4 Å². The predicted octanol–water partition coefficient (Wildman–Crippen LogP) is 3.05. The molecule has 1 aliphatic rings. The van der Waals surface area contributed by atoms with Crippen LogP contribution >= 0.6 is 11.6 Å². The van der Waals surface area contributed by atoms with Crippen LogP contribution in [0.4, 0.5) is 4.39 Å². The van der Waals surface area contributed by atoms with E-state index < -0.39 is 0 Å². The Balaban J connectivity index is 1.89. The van der Waals surface area contributed by atoms with E-state index in [9.17, 15) is 4.39 Å². The molecule has 2 nitrogen and oxygen atoms in total. The lowest BCUT2D eigenvalue weighted by atomic mass is 10.1. The molecule has 4 heteroatoms. The highest BCUT2D eigenvalue weighted by molar-refractivity contribution is 6.30. The summed E-state index contributed by atoms with van der Waals surface area (Å²) in [7, 11) is 0. The fourth-order valence-electron chi connectivity index (χ4n) is 2.44. The van der Waals surface area contributed by atoms with Crippen molar-refractivity contribution in [3.05, 3.63) is 34.6 Å². The quantitative estimate of drug-likeness (QED) is 0.905. The Labute approximate surface area is 113 Å². The number of benzene rings is 1. The van der Waals surface area contributed by atoms with Crippen LogP contribution in [0.25, 0.3) is 0 Å². The average molecular weight is 271 g/mol. The second-order valence-electron chi connectivity index (χ2n) is 4.85. The highest BCUT2D eigenvalue weighted by atomic mass is 35.5. The van der Waals surface area contributed by atoms with Crippen molar-refractivity contribution in [1.29, 1.82) is 0 Å². The summed E-state index contributed by atoms with van der Waals surface area (Å²) < 4.78 is 13.6. The zero-order chi connectivity index (χ0) is 13.0. The molecule has 1 unspecified atom stereocenters. The largest absolute Gasteiger partial charge is 0.309 e. The second kappa shape index (κ2) is 6.50. The van der Waals surface area contributed by atoms with Crippen LogP contribution in [-0.4, -0.2) is 30.6 Å². The standard InChI is InChI=1S/C14H20ClFN2/c1-2-18-7-3-4-13(10-18)17-9-11-8-12(15)5-6-14(11)16/h5-6,8,13,17H,2-4,7,9-10H2,1H3. The SMILES string of the molecule is CCN1CCCC(NCc2cc(Cl)ccc2F)C1. The summed E-state index contributed by atoms with van der Waals surface area (Å²) in [4.78, 5) is 2.43. The minimum Gasteiger partial charge on any atom is -0.309 e. The number of nitrogens with one attached hydrogen (secondary N) is 1. The lowest BCUT2D eigenvalue weighted by Crippen LogP contribution is -2.45. The van der Waals surface area contributed by atoms with Gasteiger partial charge in [0.2, 0.25) is 0 Å². The van der Waals surface area contributed by atoms with Crippen LogP contribution in [0.1, 0.15) is 25.3 Å². The smallest absolute Gasteiger partial charge is 0.127 e. The lowest BCUT2D eigenvalue weighted by Gasteiger charge is -2.32. The molecule has 1 aliphatic heterocycles. The summed E-state index contributed by atoms with van der Waals surface area (Å²) in [6.45, 7) is 6.05. The number of halogens is 2. The molecule has 1 aromatic carbocycles. The highest BCUT2D eigenvalue weighted by Crippen LogP contribution is 2.16. The first-order chi connectivity index (χ1) is 8.69. The van der Waals surface area contributed by atoms with E-state index in [4.69, 9.17) is 11.6 Å². The van der Waals surface area contributed by atoms with Gasteiger partial charge in [0.05, 0.1) is 0 Å². The molecule has 1 heterocycles. The van der Waals surface area contributed by atoms with Gasteiger partial charge < -0.3 is 10.2 Å². The van der Waals surface area contributed by atoms with E-state index >= 15 is 0 Å². The lowest BCUT2D eigenvalue weighted by molar-refractivity contribution is 0.198. The van der Waals surface area contributed by atoms with Crippen LogP contribution in [0.5, 0.6) is 0 Å². The molecule has 1 aromatic rings. The maximum atomic E-state index is 13.6. The molecule has 18 heavy (non-hydrogen) atoms. The van der Waals surface area contributed by atoms with E-state index in [-0.39, 0.29) is 5.82 Å². The highest BCUT2D eigenvalue weighted by Gasteiger charge is 2.18. The van der Waals surface area contributed by atoms with Crippen molar-refractivity contribution in [3.8, 4) is 0 Å². The van der Waals surface area contributed by atoms with E-state index in [1.54, 1.807) is 12.1 Å². The van der Waals surface area contributed by atoms with Gasteiger partial charge >= 0.3 is 0 Å². The summed E-state index contributed by atoms with van der Waals surface area (Å²) in [6, 6.07) is 5.17. The zero-order valence-corrected chi connectivity index (χ0v) is 11.5. The van der Waals surface area contributed by atoms with Gasteiger partial charge in [-0.05, 0) is 44.1 Å². The molecule has 1 saturated heterocycles. The minimum absolute atomic E-state index is 0.185. The second-order valence-corrected chi connectivity index (χ2v) is 5.29. The van der Waals surface area contributed by atoms with Gasteiger partial charge in [-0.3, -0.25) is 0 Å². The average Bonchev–Trinajstić information content (AvgIpc) is 2.40. The van der Waals surface area contributed by atoms with Crippen LogP contribution in [0.2, 0.25) is 5.02 Å². The summed E-state index contributed by atoms with van der Waals surface area (Å²) in [6.07, 6.45) is 2.38. The van der Waals surface area contributed by atoms with Crippen LogP contribution in [-0.2, 0) is 6.54 Å². The van der Waals surface area contributed by atoms with E-state index in [0.717, 1.165) is 13.1 Å².